The predicted molar refractivity (Wildman–Crippen MR) is 92.8 cm³/mol. The van der Waals surface area contributed by atoms with Gasteiger partial charge in [-0.2, -0.15) is 0 Å². The van der Waals surface area contributed by atoms with E-state index in [0.29, 0.717) is 0 Å². The third-order valence-electron chi connectivity index (χ3n) is 3.71. The summed E-state index contributed by atoms with van der Waals surface area (Å²) >= 11 is 2.48. The van der Waals surface area contributed by atoms with Gasteiger partial charge in [0.1, 0.15) is 24.2 Å². The van der Waals surface area contributed by atoms with Crippen LogP contribution in [0.1, 0.15) is 12.6 Å². The van der Waals surface area contributed by atoms with E-state index in [1.54, 1.807) is 6.92 Å². The van der Waals surface area contributed by atoms with Gasteiger partial charge in [0, 0.05) is 10.6 Å². The summed E-state index contributed by atoms with van der Waals surface area (Å²) < 4.78 is 0. The molecular weight excluding hydrogens is 405 g/mol. The van der Waals surface area contributed by atoms with Gasteiger partial charge in [0.05, 0.1) is 11.7 Å². The van der Waals surface area contributed by atoms with Crippen LogP contribution < -0.4 is 45.7 Å². The number of fused-ring (bicyclic) bond motifs is 1. The fraction of sp³-hybridized carbons (Fsp3) is 0.357. The van der Waals surface area contributed by atoms with Crippen molar-refractivity contribution in [2.24, 2.45) is 5.16 Å². The van der Waals surface area contributed by atoms with Crippen LogP contribution in [0.2, 0.25) is 0 Å². The third-order valence-corrected chi connectivity index (χ3v) is 5.71. The van der Waals surface area contributed by atoms with Gasteiger partial charge in [-0.15, -0.1) is 23.1 Å². The van der Waals surface area contributed by atoms with Gasteiger partial charge in [-0.25, -0.2) is 4.98 Å². The Hall–Kier alpha value is -1.60. The largest absolute Gasteiger partial charge is 1.00 e. The second-order valence-electron chi connectivity index (χ2n) is 5.42. The van der Waals surface area contributed by atoms with Crippen molar-refractivity contribution in [2.75, 3.05) is 12.8 Å². The number of carboxylic acids is 1. The fourth-order valence-corrected chi connectivity index (χ4v) is 4.50. The smallest absolute Gasteiger partial charge is 0.543 e. The van der Waals surface area contributed by atoms with Crippen LogP contribution in [0.5, 0.6) is 0 Å². The molecule has 0 spiro atoms. The minimum Gasteiger partial charge on any atom is -0.543 e. The number of carbonyl (C=O) groups excluding carboxylic acids is 3. The van der Waals surface area contributed by atoms with Crippen LogP contribution in [-0.2, 0) is 19.2 Å². The number of amides is 2. The normalized spacial score (nSPS) is 24.1. The molecule has 0 bridgehead atoms. The van der Waals surface area contributed by atoms with E-state index in [-0.39, 0.29) is 57.0 Å². The Morgan fingerprint density at radius 1 is 1.48 bits per heavy atom. The van der Waals surface area contributed by atoms with Crippen LogP contribution in [0, 0.1) is 0 Å². The first-order valence-corrected chi connectivity index (χ1v) is 9.20. The summed E-state index contributed by atoms with van der Waals surface area (Å²) in [6.45, 7) is 1.79. The van der Waals surface area contributed by atoms with Crippen molar-refractivity contribution < 1.29 is 53.9 Å². The van der Waals surface area contributed by atoms with E-state index in [2.05, 4.69) is 20.3 Å². The molecular formula is C14H14N5NaO5S2. The van der Waals surface area contributed by atoms with Crippen molar-refractivity contribution in [1.29, 1.82) is 0 Å². The van der Waals surface area contributed by atoms with Gasteiger partial charge in [0.15, 0.2) is 10.8 Å². The zero-order valence-corrected chi connectivity index (χ0v) is 18.3. The number of aliphatic carboxylic acids is 1. The van der Waals surface area contributed by atoms with Gasteiger partial charge in [0.2, 0.25) is 0 Å². The van der Waals surface area contributed by atoms with Gasteiger partial charge in [0.25, 0.3) is 11.8 Å². The number of nitrogens with two attached hydrogens (primary N) is 1. The molecule has 138 valence electrons. The number of nitrogens with one attached hydrogen (secondary N) is 1. The molecule has 0 aliphatic carbocycles. The molecule has 3 N–H and O–H groups in total. The fourth-order valence-electron chi connectivity index (χ4n) is 2.62. The van der Waals surface area contributed by atoms with E-state index >= 15 is 0 Å². The number of thioether (sulfide) groups is 1. The molecule has 1 fully saturated rings. The number of nitrogens with zero attached hydrogens (tertiary/aromatic N) is 3. The third kappa shape index (κ3) is 4.14. The zero-order valence-electron chi connectivity index (χ0n) is 14.7. The molecule has 0 aromatic carbocycles. The summed E-state index contributed by atoms with van der Waals surface area (Å²) in [7, 11) is 1.27. The monoisotopic (exact) mass is 419 g/mol. The van der Waals surface area contributed by atoms with Crippen LogP contribution in [0.15, 0.2) is 22.3 Å². The second kappa shape index (κ2) is 8.61. The summed E-state index contributed by atoms with van der Waals surface area (Å²) in [5.74, 6) is -2.64. The first-order valence-electron chi connectivity index (χ1n) is 7.38. The Labute approximate surface area is 184 Å². The summed E-state index contributed by atoms with van der Waals surface area (Å²) in [5.41, 5.74) is 5.47. The van der Waals surface area contributed by atoms with Gasteiger partial charge in [-0.05, 0) is 13.0 Å². The van der Waals surface area contributed by atoms with Gasteiger partial charge in [-0.3, -0.25) is 14.5 Å². The molecule has 1 aromatic rings. The van der Waals surface area contributed by atoms with Crippen molar-refractivity contribution in [3.8, 4) is 0 Å². The molecule has 13 heteroatoms. The average molecular weight is 419 g/mol. The molecule has 3 rings (SSSR count). The first kappa shape index (κ1) is 21.7. The Balaban J connectivity index is 0.00000261. The molecule has 3 atom stereocenters. The number of rotatable bonds is 5. The Morgan fingerprint density at radius 2 is 2.19 bits per heavy atom. The number of thiazole rings is 1. The minimum absolute atomic E-state index is 0. The number of anilines is 1. The summed E-state index contributed by atoms with van der Waals surface area (Å²) in [6, 6.07) is -0.893. The molecule has 0 saturated carbocycles. The molecule has 1 saturated heterocycles. The van der Waals surface area contributed by atoms with E-state index in [0.717, 1.165) is 16.2 Å². The summed E-state index contributed by atoms with van der Waals surface area (Å²) in [6.07, 6.45) is 1.45. The van der Waals surface area contributed by atoms with Crippen molar-refractivity contribution in [3.63, 3.8) is 0 Å². The molecule has 1 aromatic heterocycles. The predicted octanol–water partition coefficient (Wildman–Crippen LogP) is -4.50. The number of β-lactam (4-membered cyclic amide) rings is 1. The van der Waals surface area contributed by atoms with Crippen LogP contribution in [0.3, 0.4) is 0 Å². The Bertz CT molecular complexity index is 842. The molecule has 27 heavy (non-hydrogen) atoms. The maximum atomic E-state index is 12.5. The Kier molecular flexibility index (Phi) is 6.92. The number of hydrogen-bond donors (Lipinski definition) is 2. The van der Waals surface area contributed by atoms with Gasteiger partial charge >= 0.3 is 29.6 Å². The number of carbonyl (C=O) groups is 3. The van der Waals surface area contributed by atoms with Gasteiger partial charge in [-0.1, -0.05) is 5.16 Å². The SMILES string of the molecule is CON=C(C(=O)NC1C(=O)N2C(C(=O)[O-])=CC(C)S[C@@H]12)c1csc(N)n1.[Na+]. The standard InChI is InChI=1S/C14H15N5O5S2.Na/c1-5-3-7(13(22)23)19-11(21)9(12(19)26-5)17-10(20)8(18-24-2)6-4-25-14(15)16-6;/h3-5,9,12H,1-2H3,(H2,15,16)(H,17,20)(H,22,23);/q;+1/p-1/t5?,9?,12-;/m0./s1. The van der Waals surface area contributed by atoms with Crippen LogP contribution in [0.25, 0.3) is 0 Å². The second-order valence-corrected chi connectivity index (χ2v) is 7.81. The van der Waals surface area contributed by atoms with Crippen molar-refractivity contribution >= 4 is 51.7 Å². The number of oxime groups is 1. The number of carboxylic acid groups (broad SMARTS) is 1. The molecule has 2 aliphatic heterocycles. The number of nitrogen functional groups attached to an aromatic ring is 1. The summed E-state index contributed by atoms with van der Waals surface area (Å²) in [4.78, 5) is 45.9. The quantitative estimate of drug-likeness (QED) is 0.210. The van der Waals surface area contributed by atoms with Crippen LogP contribution in [-0.4, -0.2) is 57.2 Å². The van der Waals surface area contributed by atoms with Gasteiger partial charge < -0.3 is 25.8 Å². The maximum absolute atomic E-state index is 12.5. The molecule has 2 aliphatic rings. The first-order chi connectivity index (χ1) is 12.3. The number of aromatic nitrogens is 1. The topological polar surface area (TPSA) is 150 Å². The van der Waals surface area contributed by atoms with E-state index < -0.39 is 29.2 Å². The number of hydrogen-bond acceptors (Lipinski definition) is 10. The molecule has 3 heterocycles. The van der Waals surface area contributed by atoms with E-state index in [9.17, 15) is 19.5 Å². The maximum Gasteiger partial charge on any atom is 1.00 e. The molecule has 2 amide bonds. The van der Waals surface area contributed by atoms with E-state index in [1.807, 2.05) is 0 Å². The Morgan fingerprint density at radius 3 is 2.74 bits per heavy atom. The molecule has 10 nitrogen and oxygen atoms in total. The average Bonchev–Trinajstić information content (AvgIpc) is 3.02. The van der Waals surface area contributed by atoms with Crippen molar-refractivity contribution in [3.05, 3.63) is 22.8 Å². The van der Waals surface area contributed by atoms with E-state index in [1.165, 1.54) is 30.3 Å². The molecule has 0 radical (unpaired) electrons. The minimum atomic E-state index is -1.43. The molecule has 2 unspecified atom stereocenters. The van der Waals surface area contributed by atoms with E-state index in [4.69, 9.17) is 5.73 Å². The zero-order chi connectivity index (χ0) is 19.0. The van der Waals surface area contributed by atoms with Crippen molar-refractivity contribution in [2.45, 2.75) is 23.6 Å². The van der Waals surface area contributed by atoms with Crippen LogP contribution >= 0.6 is 23.1 Å². The van der Waals surface area contributed by atoms with Crippen molar-refractivity contribution in [1.82, 2.24) is 15.2 Å². The van der Waals surface area contributed by atoms with Crippen LogP contribution in [0.4, 0.5) is 5.13 Å². The summed E-state index contributed by atoms with van der Waals surface area (Å²) in [5, 5.41) is 18.5.